The highest BCUT2D eigenvalue weighted by Gasteiger charge is 2.53. The Morgan fingerprint density at radius 1 is 0.736 bits per heavy atom. The number of cyclic esters (lactones) is 1. The number of rotatable bonds is 27. The number of Topliss-reactive ketones (excluding diaryl/α,β-unsaturated/α-hetero) is 3. The predicted molar refractivity (Wildman–Crippen MR) is 339 cm³/mol. The molecule has 3 amide bonds. The number of allylic oxidation sites excluding steroid dienone is 6. The van der Waals surface area contributed by atoms with Crippen molar-refractivity contribution in [3.8, 4) is 0 Å². The Bertz CT molecular complexity index is 2360. The average Bonchev–Trinajstić information content (AvgIpc) is 0.837. The van der Waals surface area contributed by atoms with Gasteiger partial charge in [-0.3, -0.25) is 24.0 Å². The number of carbonyl (C=O) groups excluding carboxylic acids is 7. The molecule has 1 saturated carbocycles. The monoisotopic (exact) mass is 1290 g/mol. The lowest BCUT2D eigenvalue weighted by Crippen LogP contribution is -2.61. The van der Waals surface area contributed by atoms with Gasteiger partial charge in [-0.25, -0.2) is 9.59 Å². The molecular weight excluding hydrogens is 1180 g/mol. The molecule has 0 spiro atoms. The second kappa shape index (κ2) is 42.5. The number of fused-ring (bicyclic) bond motifs is 3. The molecule has 3 aliphatic heterocycles. The number of ether oxygens (including phenoxy) is 11. The zero-order valence-electron chi connectivity index (χ0n) is 56.3. The first-order valence-electron chi connectivity index (χ1n) is 33.2. The van der Waals surface area contributed by atoms with E-state index in [1.54, 1.807) is 48.0 Å². The number of methoxy groups -OCH3 is 3. The maximum absolute atomic E-state index is 14.7. The van der Waals surface area contributed by atoms with Crippen molar-refractivity contribution in [1.82, 2.24) is 15.5 Å². The van der Waals surface area contributed by atoms with Crippen molar-refractivity contribution in [3.63, 3.8) is 0 Å². The van der Waals surface area contributed by atoms with Gasteiger partial charge in [0, 0.05) is 84.6 Å². The zero-order chi connectivity index (χ0) is 66.9. The van der Waals surface area contributed by atoms with Gasteiger partial charge in [0.2, 0.25) is 11.7 Å². The van der Waals surface area contributed by atoms with Crippen LogP contribution in [-0.2, 0) is 80.9 Å². The minimum absolute atomic E-state index is 0.0108. The van der Waals surface area contributed by atoms with E-state index in [1.165, 1.54) is 12.0 Å². The number of hydrogen-bond acceptors (Lipinski definition) is 20. The number of piperidine rings is 1. The first-order valence-corrected chi connectivity index (χ1v) is 33.2. The summed E-state index contributed by atoms with van der Waals surface area (Å²) >= 11 is 0. The van der Waals surface area contributed by atoms with Gasteiger partial charge in [0.05, 0.1) is 77.8 Å². The van der Waals surface area contributed by atoms with Crippen molar-refractivity contribution in [2.75, 3.05) is 107 Å². The summed E-state index contributed by atoms with van der Waals surface area (Å²) in [6.07, 6.45) is 10.7. The van der Waals surface area contributed by atoms with E-state index in [2.05, 4.69) is 10.6 Å². The average molecular weight is 1290 g/mol. The van der Waals surface area contributed by atoms with E-state index in [9.17, 15) is 43.8 Å². The molecule has 518 valence electrons. The molecule has 0 aromatic rings. The lowest BCUT2D eigenvalue weighted by Gasteiger charge is -2.42. The standard InChI is InChI=1S/C68H111N3O20/c1-12-29-84-31-26-69-60(73)25-30-85-33-35-87-37-38-88-36-34-86-32-27-70-67(79)90-56-24-22-52(42-59(56)82-10)41-48(5)58-44-55(72)47(4)40-50(7)62(75)63(83-11)61(74)49(6)39-45(2)18-14-13-15-19-46(3)57(81-9)43-53-23-21-51(8)68(80,91-53)64(76)65(77)71-28-17-16-20-54(71)66(78)89-58/h13-15,18-19,40,45,47-49,51-54,56-59,62-63,75,80H,12,16-17,20-39,41-44H2,1-11H3,(H,69,73)(H,70,79)/b15-13+,18-14+,46-19+,50-40+/t45-,47-,48-,49-,51-,52+,53+,54+,56-,57+,58+,59-,62-,63+,68-/m1/s1. The number of hydrogen-bond donors (Lipinski definition) is 4. The molecule has 3 fully saturated rings. The largest absolute Gasteiger partial charge is 0.460 e. The number of ketones is 3. The van der Waals surface area contributed by atoms with E-state index < -0.39 is 102 Å². The molecule has 4 rings (SSSR count). The molecule has 4 N–H and O–H groups in total. The van der Waals surface area contributed by atoms with Crippen LogP contribution in [0.5, 0.6) is 0 Å². The SMILES string of the molecule is CCCOCCNC(=O)CCOCCOCCOCCOCCNC(=O)O[C@@H]1CC[C@@H](C[C@@H](C)[C@@H]2CC(=O)[C@H](C)/C=C(\C)[C@@H](O)[C@@H](OC)C(=O)[C@H](C)C[C@H](C)/C=C/C=C/C=C(\C)[C@@H](OC)C[C@@H]3CC[C@@H](C)[C@@](O)(O3)C(=O)C(=O)N3CCCC[C@H]3C(=O)O2)C[C@H]1OC. The molecule has 0 aromatic heterocycles. The summed E-state index contributed by atoms with van der Waals surface area (Å²) in [7, 11) is 4.49. The van der Waals surface area contributed by atoms with Gasteiger partial charge >= 0.3 is 12.1 Å². The number of esters is 1. The van der Waals surface area contributed by atoms with E-state index >= 15 is 0 Å². The quantitative estimate of drug-likeness (QED) is 0.0281. The minimum atomic E-state index is -2.47. The summed E-state index contributed by atoms with van der Waals surface area (Å²) in [5.74, 6) is -8.65. The Balaban J connectivity index is 1.39. The molecule has 1 aliphatic carbocycles. The molecule has 91 heavy (non-hydrogen) atoms. The first-order chi connectivity index (χ1) is 43.6. The highest BCUT2D eigenvalue weighted by Crippen LogP contribution is 2.38. The molecule has 3 heterocycles. The summed E-state index contributed by atoms with van der Waals surface area (Å²) in [6.45, 7) is 19.1. The van der Waals surface area contributed by atoms with Gasteiger partial charge in [-0.05, 0) is 113 Å². The van der Waals surface area contributed by atoms with Gasteiger partial charge in [0.15, 0.2) is 5.78 Å². The highest BCUT2D eigenvalue weighted by atomic mass is 16.6. The van der Waals surface area contributed by atoms with Crippen molar-refractivity contribution in [2.24, 2.45) is 35.5 Å². The van der Waals surface area contributed by atoms with Crippen molar-refractivity contribution >= 4 is 41.2 Å². The van der Waals surface area contributed by atoms with E-state index in [4.69, 9.17) is 52.1 Å². The molecule has 15 atom stereocenters. The van der Waals surface area contributed by atoms with Crippen LogP contribution in [-0.4, -0.2) is 218 Å². The summed E-state index contributed by atoms with van der Waals surface area (Å²) in [5.41, 5.74) is 1.22. The van der Waals surface area contributed by atoms with E-state index in [-0.39, 0.29) is 74.7 Å². The lowest BCUT2D eigenvalue weighted by atomic mass is 9.78. The molecule has 4 aliphatic rings. The maximum Gasteiger partial charge on any atom is 0.407 e. The Kier molecular flexibility index (Phi) is 36.8. The molecule has 23 nitrogen and oxygen atoms in total. The fourth-order valence-corrected chi connectivity index (χ4v) is 12.2. The molecular formula is C68H111N3O20. The van der Waals surface area contributed by atoms with E-state index in [0.717, 1.165) is 12.0 Å². The molecule has 0 radical (unpaired) electrons. The highest BCUT2D eigenvalue weighted by molar-refractivity contribution is 6.39. The number of aliphatic hydroxyl groups is 2. The van der Waals surface area contributed by atoms with Crippen LogP contribution in [0.2, 0.25) is 0 Å². The topological polar surface area (TPSA) is 289 Å². The van der Waals surface area contributed by atoms with Crippen molar-refractivity contribution < 1.29 is 95.9 Å². The van der Waals surface area contributed by atoms with Crippen LogP contribution in [0.3, 0.4) is 0 Å². The number of carbonyl (C=O) groups is 7. The maximum atomic E-state index is 14.7. The smallest absolute Gasteiger partial charge is 0.407 e. The van der Waals surface area contributed by atoms with Gasteiger partial charge in [-0.1, -0.05) is 78.0 Å². The third kappa shape index (κ3) is 26.9. The van der Waals surface area contributed by atoms with Gasteiger partial charge in [-0.15, -0.1) is 0 Å². The van der Waals surface area contributed by atoms with Crippen LogP contribution in [0.1, 0.15) is 145 Å². The van der Waals surface area contributed by atoms with Crippen LogP contribution in [0.15, 0.2) is 47.6 Å². The Hall–Kier alpha value is -4.79. The van der Waals surface area contributed by atoms with Crippen molar-refractivity contribution in [2.45, 2.75) is 200 Å². The van der Waals surface area contributed by atoms with E-state index in [0.29, 0.717) is 129 Å². The second-order valence-electron chi connectivity index (χ2n) is 25.1. The Morgan fingerprint density at radius 3 is 2.05 bits per heavy atom. The molecule has 2 bridgehead atoms. The van der Waals surface area contributed by atoms with Gasteiger partial charge in [0.25, 0.3) is 11.7 Å². The lowest BCUT2D eigenvalue weighted by molar-refractivity contribution is -0.265. The molecule has 0 unspecified atom stereocenters. The van der Waals surface area contributed by atoms with E-state index in [1.807, 2.05) is 58.1 Å². The third-order valence-corrected chi connectivity index (χ3v) is 17.7. The minimum Gasteiger partial charge on any atom is -0.460 e. The number of aliphatic hydroxyl groups excluding tert-OH is 1. The fraction of sp³-hybridized carbons (Fsp3) is 0.779. The second-order valence-corrected chi connectivity index (χ2v) is 25.1. The third-order valence-electron chi connectivity index (χ3n) is 17.7. The van der Waals surface area contributed by atoms with Gasteiger partial charge in [0.1, 0.15) is 36.2 Å². The first kappa shape index (κ1) is 78.7. The van der Waals surface area contributed by atoms with Crippen LogP contribution < -0.4 is 10.6 Å². The Labute approximate surface area is 540 Å². The van der Waals surface area contributed by atoms with Crippen molar-refractivity contribution in [1.29, 1.82) is 0 Å². The number of amides is 3. The number of nitrogens with one attached hydrogen (secondary N) is 2. The van der Waals surface area contributed by atoms with Crippen molar-refractivity contribution in [3.05, 3.63) is 47.6 Å². The van der Waals surface area contributed by atoms with Crippen LogP contribution in [0, 0.1) is 35.5 Å². The predicted octanol–water partition coefficient (Wildman–Crippen LogP) is 6.91. The fourth-order valence-electron chi connectivity index (χ4n) is 12.2. The zero-order valence-corrected chi connectivity index (χ0v) is 56.3. The Morgan fingerprint density at radius 2 is 1.40 bits per heavy atom. The van der Waals surface area contributed by atoms with Gasteiger partial charge < -0.3 is 77.9 Å². The molecule has 23 heteroatoms. The molecule has 0 aromatic carbocycles. The summed E-state index contributed by atoms with van der Waals surface area (Å²) in [4.78, 5) is 97.8. The van der Waals surface area contributed by atoms with Crippen LogP contribution in [0.25, 0.3) is 0 Å². The van der Waals surface area contributed by atoms with Gasteiger partial charge in [-0.2, -0.15) is 0 Å². The van der Waals surface area contributed by atoms with Crippen LogP contribution >= 0.6 is 0 Å². The summed E-state index contributed by atoms with van der Waals surface area (Å²) < 4.78 is 63.3. The van der Waals surface area contributed by atoms with Crippen LogP contribution in [0.4, 0.5) is 4.79 Å². The number of nitrogens with zero attached hydrogens (tertiary/aromatic N) is 1. The number of alkyl carbamates (subject to hydrolysis) is 1. The summed E-state index contributed by atoms with van der Waals surface area (Å²) in [6, 6.07) is -1.20. The molecule has 2 saturated heterocycles. The normalized spacial score (nSPS) is 32.1. The summed E-state index contributed by atoms with van der Waals surface area (Å²) in [5, 5.41) is 29.2.